The Bertz CT molecular complexity index is 56.1. The summed E-state index contributed by atoms with van der Waals surface area (Å²) in [6.45, 7) is 2.26. The average Bonchev–Trinajstić information content (AvgIpc) is 2.08. The van der Waals surface area contributed by atoms with Crippen LogP contribution in [0.1, 0.15) is 45.4 Å². The molecule has 3 heteroatoms. The zero-order valence-corrected chi connectivity index (χ0v) is 14.2. The van der Waals surface area contributed by atoms with Crippen LogP contribution in [0.5, 0.6) is 0 Å². The second kappa shape index (κ2) is 17.8. The maximum absolute atomic E-state index is 2.78. The van der Waals surface area contributed by atoms with Gasteiger partial charge in [0.2, 0.25) is 0 Å². The molecule has 66 valence electrons. The van der Waals surface area contributed by atoms with Crippen LogP contribution in [0, 0.1) is 0 Å². The zero-order chi connectivity index (χ0) is 8.95. The van der Waals surface area contributed by atoms with Crippen LogP contribution in [0.2, 0.25) is 0 Å². The first-order valence-corrected chi connectivity index (χ1v) is 14.2. The van der Waals surface area contributed by atoms with Gasteiger partial charge in [0.05, 0.1) is 0 Å². The Morgan fingerprint density at radius 3 is 1.91 bits per heavy atom. The van der Waals surface area contributed by atoms with Crippen LogP contribution >= 0.6 is 9.24 Å². The predicted molar refractivity (Wildman–Crippen MR) is 59.5 cm³/mol. The molecule has 0 N–H and O–H groups in total. The summed E-state index contributed by atoms with van der Waals surface area (Å²) < 4.78 is 0. The quantitative estimate of drug-likeness (QED) is 0.344. The van der Waals surface area contributed by atoms with E-state index in [-0.39, 0.29) is 0 Å². The molecule has 1 atom stereocenters. The molecule has 1 unspecified atom stereocenters. The van der Waals surface area contributed by atoms with Gasteiger partial charge in [-0.25, -0.2) is 0 Å². The van der Waals surface area contributed by atoms with Gasteiger partial charge in [0.25, 0.3) is 0 Å². The zero-order valence-electron chi connectivity index (χ0n) is 7.44. The van der Waals surface area contributed by atoms with E-state index in [4.69, 9.17) is 0 Å². The Morgan fingerprint density at radius 1 is 1.00 bits per heavy atom. The number of rotatable bonds is 6. The molecule has 0 aliphatic carbocycles. The fourth-order valence-corrected chi connectivity index (χ4v) is 1.21. The van der Waals surface area contributed by atoms with Crippen molar-refractivity contribution in [2.75, 3.05) is 6.16 Å². The van der Waals surface area contributed by atoms with E-state index in [2.05, 4.69) is 27.6 Å². The molecule has 11 heavy (non-hydrogen) atoms. The molecule has 0 saturated heterocycles. The van der Waals surface area contributed by atoms with Gasteiger partial charge in [-0.05, 0) is 12.6 Å². The van der Waals surface area contributed by atoms with Gasteiger partial charge in [0.15, 0.2) is 0 Å². The van der Waals surface area contributed by atoms with Crippen molar-refractivity contribution in [3.05, 3.63) is 0 Å². The molecule has 0 nitrogen and oxygen atoms in total. The second-order valence-electron chi connectivity index (χ2n) is 2.56. The average molecular weight is 432 g/mol. The van der Waals surface area contributed by atoms with E-state index in [1.807, 2.05) is 0 Å². The van der Waals surface area contributed by atoms with Gasteiger partial charge in [-0.1, -0.05) is 39.0 Å². The molecule has 0 spiro atoms. The van der Waals surface area contributed by atoms with Crippen LogP contribution in [0.4, 0.5) is 0 Å². The first-order valence-electron chi connectivity index (χ1n) is 4.32. The van der Waals surface area contributed by atoms with Crippen LogP contribution in [0.25, 0.3) is 0 Å². The van der Waals surface area contributed by atoms with Crippen molar-refractivity contribution >= 4 is 43.4 Å². The Balaban J connectivity index is 0. The summed E-state index contributed by atoms with van der Waals surface area (Å²) in [4.78, 5) is 0. The Labute approximate surface area is 94.3 Å². The minimum absolute atomic E-state index is 1.18. The molecular weight excluding hydrogens is 413 g/mol. The summed E-state index contributed by atoms with van der Waals surface area (Å²) in [5.41, 5.74) is 0. The first-order chi connectivity index (χ1) is 5.41. The summed E-state index contributed by atoms with van der Waals surface area (Å²) in [5, 5.41) is 0. The summed E-state index contributed by atoms with van der Waals surface area (Å²) in [5.74, 6) is 0. The van der Waals surface area contributed by atoms with Crippen LogP contribution in [0.3, 0.4) is 0 Å². The Hall–Kier alpha value is 1.87. The van der Waals surface area contributed by atoms with Crippen LogP contribution in [-0.2, 0) is 0 Å². The molecule has 0 saturated carbocycles. The third-order valence-electron chi connectivity index (χ3n) is 1.56. The molecule has 0 aliphatic rings. The maximum atomic E-state index is 2.78. The summed E-state index contributed by atoms with van der Waals surface area (Å²) in [6, 6.07) is 0. The van der Waals surface area contributed by atoms with E-state index in [0.717, 1.165) is 0 Å². The van der Waals surface area contributed by atoms with Crippen molar-refractivity contribution in [1.82, 2.24) is 0 Å². The minimum atomic E-state index is 1.18. The first kappa shape index (κ1) is 15.3. The molecule has 0 rings (SSSR count). The number of hydrogen-bond acceptors (Lipinski definition) is 0. The number of unbranched alkanes of at least 4 members (excludes halogenated alkanes) is 5. The third kappa shape index (κ3) is 18.7. The molecule has 0 amide bonds. The van der Waals surface area contributed by atoms with E-state index in [9.17, 15) is 0 Å². The molecule has 0 aromatic heterocycles. The molecule has 2 radical (unpaired) electrons. The van der Waals surface area contributed by atoms with Gasteiger partial charge in [-0.2, -0.15) is 0 Å². The topological polar surface area (TPSA) is 0 Å². The normalized spacial score (nSPS) is 8.55. The fourth-order valence-electron chi connectivity index (χ4n) is 0.925. The number of hydrogen-bond donors (Lipinski definition) is 0. The molecule has 0 aliphatic heterocycles. The molecule has 0 aromatic carbocycles. The van der Waals surface area contributed by atoms with Crippen molar-refractivity contribution in [3.8, 4) is 0 Å². The summed E-state index contributed by atoms with van der Waals surface area (Å²) in [7, 11) is 2.78. The van der Waals surface area contributed by atoms with Crippen molar-refractivity contribution in [2.24, 2.45) is 0 Å². The summed E-state index contributed by atoms with van der Waals surface area (Å²) >= 11 is 3.94. The van der Waals surface area contributed by atoms with Crippen molar-refractivity contribution in [2.45, 2.75) is 45.4 Å². The van der Waals surface area contributed by atoms with Gasteiger partial charge in [-0.3, -0.25) is 0 Å². The third-order valence-corrected chi connectivity index (χ3v) is 1.97. The fraction of sp³-hybridized carbons (Fsp3) is 1.00. The molecule has 0 heterocycles. The van der Waals surface area contributed by atoms with E-state index in [0.29, 0.717) is 0 Å². The van der Waals surface area contributed by atoms with Crippen molar-refractivity contribution in [3.63, 3.8) is 0 Å². The molecule has 0 bridgehead atoms. The van der Waals surface area contributed by atoms with E-state index < -0.39 is 0 Å². The molecular formula is C8H19PPbSe. The molecule has 0 aromatic rings. The second-order valence-corrected chi connectivity index (χ2v) is 3.13. The monoisotopic (exact) mass is 434 g/mol. The van der Waals surface area contributed by atoms with Gasteiger partial charge in [0.1, 0.15) is 0 Å². The van der Waals surface area contributed by atoms with E-state index in [1.165, 1.54) is 67.4 Å². The van der Waals surface area contributed by atoms with E-state index in [1.54, 1.807) is 0 Å². The van der Waals surface area contributed by atoms with Gasteiger partial charge in [0, 0.05) is 0 Å². The van der Waals surface area contributed by atoms with Crippen LogP contribution in [-0.4, -0.2) is 40.4 Å². The van der Waals surface area contributed by atoms with Crippen LogP contribution in [0.15, 0.2) is 0 Å². The van der Waals surface area contributed by atoms with Gasteiger partial charge < -0.3 is 0 Å². The van der Waals surface area contributed by atoms with Crippen molar-refractivity contribution < 1.29 is 0 Å². The molecule has 0 fully saturated rings. The van der Waals surface area contributed by atoms with Crippen molar-refractivity contribution in [1.29, 1.82) is 0 Å². The van der Waals surface area contributed by atoms with Gasteiger partial charge in [-0.15, -0.1) is 9.24 Å². The SMILES string of the molecule is CCCCCCCCP.[Se]=[Pb]. The predicted octanol–water partition coefficient (Wildman–Crippen LogP) is 2.46. The standard InChI is InChI=1S/C8H19P.Pb.Se/c1-2-3-4-5-6-7-8-9;;/h2-9H2,1H3;;. The van der Waals surface area contributed by atoms with Crippen LogP contribution < -0.4 is 0 Å². The summed E-state index contributed by atoms with van der Waals surface area (Å²) in [6.07, 6.45) is 9.80. The Morgan fingerprint density at radius 2 is 1.45 bits per heavy atom. The Kier molecular flexibility index (Phi) is 24.9. The van der Waals surface area contributed by atoms with E-state index >= 15 is 0 Å². The van der Waals surface area contributed by atoms with Gasteiger partial charge >= 0.3 is 34.2 Å².